The third kappa shape index (κ3) is 5.75. The van der Waals surface area contributed by atoms with Crippen LogP contribution in [0.1, 0.15) is 29.6 Å². The number of nitrogens with one attached hydrogen (secondary N) is 1. The van der Waals surface area contributed by atoms with E-state index in [2.05, 4.69) is 5.92 Å². The Kier molecular flexibility index (Phi) is 8.67. The highest BCUT2D eigenvalue weighted by Crippen LogP contribution is 2.34. The molecule has 0 bridgehead atoms. The van der Waals surface area contributed by atoms with Crippen LogP contribution in [0.5, 0.6) is 0 Å². The first-order valence-corrected chi connectivity index (χ1v) is 11.0. The van der Waals surface area contributed by atoms with Gasteiger partial charge in [0.25, 0.3) is 11.8 Å². The molecule has 0 saturated carbocycles. The summed E-state index contributed by atoms with van der Waals surface area (Å²) in [4.78, 5) is 27.8. The fourth-order valence-corrected chi connectivity index (χ4v) is 3.90. The van der Waals surface area contributed by atoms with Crippen LogP contribution in [0.15, 0.2) is 84.0 Å². The second-order valence-corrected chi connectivity index (χ2v) is 8.31. The van der Waals surface area contributed by atoms with E-state index in [1.165, 1.54) is 24.3 Å². The average molecular weight is 499 g/mol. The molecule has 0 heterocycles. The molecule has 2 atom stereocenters. The highest BCUT2D eigenvalue weighted by Gasteiger charge is 2.38. The van der Waals surface area contributed by atoms with E-state index in [1.807, 2.05) is 0 Å². The summed E-state index contributed by atoms with van der Waals surface area (Å²) in [6, 6.07) is 10.1. The lowest BCUT2D eigenvalue weighted by Gasteiger charge is -2.37. The molecule has 0 spiro atoms. The third-order valence-electron chi connectivity index (χ3n) is 5.35. The summed E-state index contributed by atoms with van der Waals surface area (Å²) in [5.74, 6) is 0.864. The van der Waals surface area contributed by atoms with Crippen molar-refractivity contribution in [2.75, 3.05) is 6.61 Å². The van der Waals surface area contributed by atoms with Crippen molar-refractivity contribution in [2.24, 2.45) is 0 Å². The molecule has 0 saturated heterocycles. The zero-order chi connectivity index (χ0) is 24.7. The smallest absolute Gasteiger partial charge is 0.275 e. The number of aliphatic hydroxyl groups excluding tert-OH is 1. The lowest BCUT2D eigenvalue weighted by atomic mass is 9.97. The quantitative estimate of drug-likeness (QED) is 0.414. The van der Waals surface area contributed by atoms with E-state index in [0.717, 1.165) is 10.4 Å². The fourth-order valence-electron chi connectivity index (χ4n) is 3.65. The number of benzene rings is 2. The lowest BCUT2D eigenvalue weighted by Crippen LogP contribution is -2.45. The van der Waals surface area contributed by atoms with Gasteiger partial charge in [-0.3, -0.25) is 9.59 Å². The van der Waals surface area contributed by atoms with Gasteiger partial charge in [-0.15, -0.1) is 10.9 Å². The van der Waals surface area contributed by atoms with Crippen molar-refractivity contribution in [2.45, 2.75) is 18.5 Å². The molecule has 2 amide bonds. The van der Waals surface area contributed by atoms with Crippen molar-refractivity contribution >= 4 is 35.0 Å². The van der Waals surface area contributed by atoms with Crippen LogP contribution >= 0.6 is 23.2 Å². The first-order valence-electron chi connectivity index (χ1n) is 10.3. The molecule has 0 aromatic heterocycles. The van der Waals surface area contributed by atoms with Crippen LogP contribution in [0.2, 0.25) is 10.0 Å². The molecule has 2 unspecified atom stereocenters. The average Bonchev–Trinajstić information content (AvgIpc) is 3.11. The van der Waals surface area contributed by atoms with Crippen molar-refractivity contribution in [3.63, 3.8) is 0 Å². The number of amides is 2. The summed E-state index contributed by atoms with van der Waals surface area (Å²) in [5.41, 5.74) is 2.85. The van der Waals surface area contributed by atoms with Crippen LogP contribution in [-0.4, -0.2) is 28.4 Å². The van der Waals surface area contributed by atoms with Gasteiger partial charge in [0.1, 0.15) is 6.04 Å². The van der Waals surface area contributed by atoms with E-state index in [9.17, 15) is 19.2 Å². The molecule has 1 aliphatic carbocycles. The van der Waals surface area contributed by atoms with E-state index in [0.29, 0.717) is 33.2 Å². The monoisotopic (exact) mass is 498 g/mol. The Morgan fingerprint density at radius 3 is 2.21 bits per heavy atom. The molecular formula is C26H21Cl2FN2O3. The zero-order valence-electron chi connectivity index (χ0n) is 17.9. The van der Waals surface area contributed by atoms with Gasteiger partial charge in [0.05, 0.1) is 12.6 Å². The summed E-state index contributed by atoms with van der Waals surface area (Å²) in [7, 11) is 0. The molecule has 2 aromatic carbocycles. The minimum absolute atomic E-state index is 0.236. The van der Waals surface area contributed by atoms with E-state index in [4.69, 9.17) is 29.6 Å². The van der Waals surface area contributed by atoms with Crippen LogP contribution in [-0.2, 0) is 9.59 Å². The highest BCUT2D eigenvalue weighted by molar-refractivity contribution is 6.30. The van der Waals surface area contributed by atoms with E-state index in [1.54, 1.807) is 48.6 Å². The molecule has 2 aromatic rings. The van der Waals surface area contributed by atoms with Gasteiger partial charge in [-0.05, 0) is 47.9 Å². The van der Waals surface area contributed by atoms with Crippen molar-refractivity contribution in [1.29, 1.82) is 0 Å². The topological polar surface area (TPSA) is 69.6 Å². The van der Waals surface area contributed by atoms with Gasteiger partial charge in [-0.2, -0.15) is 5.54 Å². The van der Waals surface area contributed by atoms with Crippen molar-refractivity contribution in [1.82, 2.24) is 10.4 Å². The molecule has 3 rings (SSSR count). The first-order chi connectivity index (χ1) is 16.4. The van der Waals surface area contributed by atoms with Crippen LogP contribution in [0.25, 0.3) is 0 Å². The molecule has 5 nitrogen and oxygen atoms in total. The van der Waals surface area contributed by atoms with Gasteiger partial charge in [0, 0.05) is 21.2 Å². The molecular weight excluding hydrogens is 478 g/mol. The highest BCUT2D eigenvalue weighted by atomic mass is 35.5. The maximum Gasteiger partial charge on any atom is 0.275 e. The lowest BCUT2D eigenvalue weighted by molar-refractivity contribution is -0.144. The van der Waals surface area contributed by atoms with E-state index < -0.39 is 30.5 Å². The summed E-state index contributed by atoms with van der Waals surface area (Å²) in [5, 5.41) is 11.2. The molecule has 34 heavy (non-hydrogen) atoms. The number of aliphatic hydroxyl groups is 1. The van der Waals surface area contributed by atoms with Gasteiger partial charge in [-0.25, -0.2) is 0 Å². The standard InChI is InChI=1S/C26H21Cl2FN2O3/c1-2-17-4-3-5-20(7-6-17)26(34)31(23(16-32)18-8-12-21(27)13-9-18)24(25(33)30-29)19-10-14-22(28)15-11-19/h1,3-5,7-15,23-24,32H,6,16H2,(H,30,33). The van der Waals surface area contributed by atoms with Gasteiger partial charge >= 0.3 is 0 Å². The molecule has 0 fully saturated rings. The van der Waals surface area contributed by atoms with Crippen molar-refractivity contribution < 1.29 is 19.2 Å². The Balaban J connectivity index is 2.17. The molecule has 174 valence electrons. The van der Waals surface area contributed by atoms with Gasteiger partial charge in [-0.1, -0.05) is 71.6 Å². The molecule has 8 heteroatoms. The Morgan fingerprint density at radius 1 is 1.09 bits per heavy atom. The number of carbonyl (C=O) groups excluding carboxylic acids is 2. The van der Waals surface area contributed by atoms with Crippen LogP contribution in [0.4, 0.5) is 4.48 Å². The second-order valence-electron chi connectivity index (χ2n) is 7.43. The number of carbonyl (C=O) groups is 2. The predicted octanol–water partition coefficient (Wildman–Crippen LogP) is 5.04. The van der Waals surface area contributed by atoms with Crippen LogP contribution in [0.3, 0.4) is 0 Å². The normalized spacial score (nSPS) is 14.7. The number of nitrogens with zero attached hydrogens (tertiary/aromatic N) is 1. The summed E-state index contributed by atoms with van der Waals surface area (Å²) >= 11 is 12.0. The second kappa shape index (κ2) is 11.7. The van der Waals surface area contributed by atoms with Gasteiger partial charge in [0.15, 0.2) is 0 Å². The summed E-state index contributed by atoms with van der Waals surface area (Å²) < 4.78 is 13.5. The summed E-state index contributed by atoms with van der Waals surface area (Å²) in [6.45, 7) is -0.540. The maximum absolute atomic E-state index is 13.9. The van der Waals surface area contributed by atoms with Gasteiger partial charge < -0.3 is 10.0 Å². The molecule has 0 aliphatic heterocycles. The third-order valence-corrected chi connectivity index (χ3v) is 5.85. The fraction of sp³-hybridized carbons (Fsp3) is 0.154. The van der Waals surface area contributed by atoms with Crippen molar-refractivity contribution in [3.05, 3.63) is 105 Å². The Morgan fingerprint density at radius 2 is 1.68 bits per heavy atom. The van der Waals surface area contributed by atoms with E-state index in [-0.39, 0.29) is 5.57 Å². The maximum atomic E-state index is 13.9. The summed E-state index contributed by atoms with van der Waals surface area (Å²) in [6.07, 6.45) is 12.3. The Hall–Kier alpha value is -3.37. The Bertz CT molecular complexity index is 1180. The van der Waals surface area contributed by atoms with Crippen molar-refractivity contribution in [3.8, 4) is 12.3 Å². The minimum atomic E-state index is -1.42. The molecule has 2 N–H and O–H groups in total. The number of rotatable bonds is 7. The number of allylic oxidation sites excluding steroid dienone is 4. The largest absolute Gasteiger partial charge is 0.394 e. The minimum Gasteiger partial charge on any atom is -0.394 e. The Labute approximate surface area is 207 Å². The number of hydrogen-bond donors (Lipinski definition) is 2. The number of hydrogen-bond acceptors (Lipinski definition) is 3. The predicted molar refractivity (Wildman–Crippen MR) is 130 cm³/mol. The molecule has 1 aliphatic rings. The number of terminal acetylenes is 1. The van der Waals surface area contributed by atoms with E-state index >= 15 is 0 Å². The SMILES string of the molecule is C#CC1=CC=CC(C(=O)N(C(CO)c2ccc(Cl)cc2)C(C(=O)NF)c2ccc(Cl)cc2)=CC1. The first kappa shape index (κ1) is 25.3. The zero-order valence-corrected chi connectivity index (χ0v) is 19.4. The van der Waals surface area contributed by atoms with Crippen LogP contribution < -0.4 is 5.54 Å². The van der Waals surface area contributed by atoms with Crippen LogP contribution in [0, 0.1) is 12.3 Å². The molecule has 0 radical (unpaired) electrons. The van der Waals surface area contributed by atoms with Gasteiger partial charge in [0.2, 0.25) is 0 Å². The number of halogens is 3.